The molecule has 18 heavy (non-hydrogen) atoms. The molecule has 1 N–H and O–H groups in total. The number of nitrogens with one attached hydrogen (secondary N) is 1. The molecule has 0 amide bonds. The Hall–Kier alpha value is -1.48. The van der Waals surface area contributed by atoms with E-state index in [2.05, 4.69) is 19.7 Å². The highest BCUT2D eigenvalue weighted by molar-refractivity contribution is 7.90. The molecule has 0 aliphatic heterocycles. The van der Waals surface area contributed by atoms with Gasteiger partial charge in [0.2, 0.25) is 10.0 Å². The lowest BCUT2D eigenvalue weighted by molar-refractivity contribution is 0.336. The van der Waals surface area contributed by atoms with Gasteiger partial charge in [0.05, 0.1) is 26.0 Å². The lowest BCUT2D eigenvalue weighted by Crippen LogP contribution is -2.27. The zero-order valence-corrected chi connectivity index (χ0v) is 10.9. The summed E-state index contributed by atoms with van der Waals surface area (Å²) in [7, 11) is -0.437. The first-order valence-corrected chi connectivity index (χ1v) is 6.91. The minimum atomic E-state index is -3.26. The van der Waals surface area contributed by atoms with Gasteiger partial charge in [-0.25, -0.2) is 13.1 Å². The van der Waals surface area contributed by atoms with Gasteiger partial charge >= 0.3 is 12.0 Å². The topological polar surface area (TPSA) is 103 Å². The fraction of sp³-hybridized carbons (Fsp3) is 0.667. The van der Waals surface area contributed by atoms with Crippen LogP contribution in [0.5, 0.6) is 12.0 Å². The van der Waals surface area contributed by atoms with Gasteiger partial charge in [-0.3, -0.25) is 0 Å². The molecular weight excluding hydrogens is 260 g/mol. The van der Waals surface area contributed by atoms with Crippen molar-refractivity contribution in [2.45, 2.75) is 24.6 Å². The molecule has 1 aliphatic carbocycles. The Morgan fingerprint density at radius 2 is 1.72 bits per heavy atom. The van der Waals surface area contributed by atoms with Crippen LogP contribution in [0.4, 0.5) is 0 Å². The number of methoxy groups -OCH3 is 2. The van der Waals surface area contributed by atoms with Crippen molar-refractivity contribution >= 4 is 10.0 Å². The molecular formula is C9H14N4O4S. The summed E-state index contributed by atoms with van der Waals surface area (Å²) in [5, 5.41) is -0.275. The summed E-state index contributed by atoms with van der Waals surface area (Å²) in [4.78, 5) is 11.7. The monoisotopic (exact) mass is 274 g/mol. The molecule has 0 radical (unpaired) electrons. The van der Waals surface area contributed by atoms with E-state index in [0.717, 1.165) is 0 Å². The minimum absolute atomic E-state index is 0.00588. The molecule has 100 valence electrons. The maximum Gasteiger partial charge on any atom is 0.322 e. The van der Waals surface area contributed by atoms with E-state index in [1.165, 1.54) is 14.2 Å². The molecule has 1 aliphatic rings. The van der Waals surface area contributed by atoms with Gasteiger partial charge in [0.25, 0.3) is 0 Å². The van der Waals surface area contributed by atoms with Gasteiger partial charge in [0.15, 0.2) is 5.82 Å². The van der Waals surface area contributed by atoms with Gasteiger partial charge in [0.1, 0.15) is 0 Å². The van der Waals surface area contributed by atoms with Crippen LogP contribution in [0.1, 0.15) is 18.7 Å². The fourth-order valence-corrected chi connectivity index (χ4v) is 2.62. The number of sulfonamides is 1. The number of ether oxygens (including phenoxy) is 2. The summed E-state index contributed by atoms with van der Waals surface area (Å²) in [5.74, 6) is 0.253. The summed E-state index contributed by atoms with van der Waals surface area (Å²) in [6, 6.07) is 0.171. The van der Waals surface area contributed by atoms with Gasteiger partial charge < -0.3 is 9.47 Å². The Bertz CT molecular complexity index is 507. The maximum atomic E-state index is 11.6. The highest BCUT2D eigenvalue weighted by atomic mass is 32.2. The largest absolute Gasteiger partial charge is 0.467 e. The lowest BCUT2D eigenvalue weighted by Gasteiger charge is -2.06. The van der Waals surface area contributed by atoms with Crippen LogP contribution in [0.2, 0.25) is 0 Å². The van der Waals surface area contributed by atoms with E-state index < -0.39 is 10.0 Å². The molecule has 1 fully saturated rings. The van der Waals surface area contributed by atoms with Crippen molar-refractivity contribution in [3.63, 3.8) is 0 Å². The molecule has 1 saturated carbocycles. The summed E-state index contributed by atoms with van der Waals surface area (Å²) in [6.07, 6.45) is 1.42. The molecule has 0 saturated heterocycles. The zero-order chi connectivity index (χ0) is 13.2. The molecule has 9 heteroatoms. The van der Waals surface area contributed by atoms with Crippen LogP contribution in [0.15, 0.2) is 0 Å². The minimum Gasteiger partial charge on any atom is -0.467 e. The van der Waals surface area contributed by atoms with E-state index in [1.807, 2.05) is 0 Å². The van der Waals surface area contributed by atoms with Crippen LogP contribution < -0.4 is 14.2 Å². The second-order valence-electron chi connectivity index (χ2n) is 3.79. The fourth-order valence-electron chi connectivity index (χ4n) is 1.30. The van der Waals surface area contributed by atoms with Gasteiger partial charge in [-0.1, -0.05) is 0 Å². The van der Waals surface area contributed by atoms with E-state index in [1.54, 1.807) is 0 Å². The summed E-state index contributed by atoms with van der Waals surface area (Å²) in [6.45, 7) is -0.00588. The number of nitrogens with zero attached hydrogens (tertiary/aromatic N) is 3. The summed E-state index contributed by atoms with van der Waals surface area (Å²) in [5.41, 5.74) is 0. The zero-order valence-electron chi connectivity index (χ0n) is 10.1. The van der Waals surface area contributed by atoms with Crippen molar-refractivity contribution in [1.82, 2.24) is 19.7 Å². The van der Waals surface area contributed by atoms with Crippen LogP contribution in [-0.2, 0) is 16.6 Å². The van der Waals surface area contributed by atoms with Crippen LogP contribution >= 0.6 is 0 Å². The third-order valence-corrected chi connectivity index (χ3v) is 4.30. The van der Waals surface area contributed by atoms with Gasteiger partial charge in [0, 0.05) is 0 Å². The van der Waals surface area contributed by atoms with Crippen molar-refractivity contribution in [1.29, 1.82) is 0 Å². The quantitative estimate of drug-likeness (QED) is 0.743. The Kier molecular flexibility index (Phi) is 3.62. The predicted octanol–water partition coefficient (Wildman–Crippen LogP) is -0.529. The smallest absolute Gasteiger partial charge is 0.322 e. The van der Waals surface area contributed by atoms with Crippen LogP contribution in [0.3, 0.4) is 0 Å². The van der Waals surface area contributed by atoms with Crippen molar-refractivity contribution in [3.8, 4) is 12.0 Å². The Labute approximate surface area is 105 Å². The maximum absolute atomic E-state index is 11.6. The Balaban J connectivity index is 2.08. The second-order valence-corrected chi connectivity index (χ2v) is 5.84. The molecule has 0 bridgehead atoms. The average molecular weight is 274 g/mol. The normalized spacial score (nSPS) is 15.4. The molecule has 1 aromatic rings. The summed E-state index contributed by atoms with van der Waals surface area (Å²) < 4.78 is 35.4. The van der Waals surface area contributed by atoms with Crippen LogP contribution in [-0.4, -0.2) is 42.8 Å². The predicted molar refractivity (Wildman–Crippen MR) is 61.7 cm³/mol. The first-order chi connectivity index (χ1) is 8.55. The van der Waals surface area contributed by atoms with E-state index in [4.69, 9.17) is 9.47 Å². The van der Waals surface area contributed by atoms with Crippen molar-refractivity contribution in [3.05, 3.63) is 5.82 Å². The van der Waals surface area contributed by atoms with E-state index in [-0.39, 0.29) is 29.6 Å². The summed E-state index contributed by atoms with van der Waals surface area (Å²) >= 11 is 0. The first kappa shape index (κ1) is 13.0. The van der Waals surface area contributed by atoms with E-state index >= 15 is 0 Å². The molecule has 0 aromatic carbocycles. The number of hydrogen-bond acceptors (Lipinski definition) is 7. The molecule has 1 heterocycles. The highest BCUT2D eigenvalue weighted by Gasteiger charge is 2.35. The van der Waals surface area contributed by atoms with Crippen molar-refractivity contribution in [2.75, 3.05) is 14.2 Å². The van der Waals surface area contributed by atoms with Crippen LogP contribution in [0.25, 0.3) is 0 Å². The number of rotatable bonds is 6. The van der Waals surface area contributed by atoms with Gasteiger partial charge in [-0.2, -0.15) is 9.97 Å². The van der Waals surface area contributed by atoms with E-state index in [9.17, 15) is 8.42 Å². The SMILES string of the molecule is COc1nc(CNS(=O)(=O)C2CC2)nc(OC)n1. The first-order valence-electron chi connectivity index (χ1n) is 5.36. The molecule has 8 nitrogen and oxygen atoms in total. The van der Waals surface area contributed by atoms with E-state index in [0.29, 0.717) is 12.8 Å². The van der Waals surface area contributed by atoms with Crippen molar-refractivity contribution in [2.24, 2.45) is 0 Å². The molecule has 0 spiro atoms. The number of hydrogen-bond donors (Lipinski definition) is 1. The lowest BCUT2D eigenvalue weighted by atomic mass is 10.6. The third kappa shape index (κ3) is 3.05. The average Bonchev–Trinajstić information content (AvgIpc) is 3.20. The van der Waals surface area contributed by atoms with Crippen LogP contribution in [0, 0.1) is 0 Å². The van der Waals surface area contributed by atoms with Crippen molar-refractivity contribution < 1.29 is 17.9 Å². The molecule has 0 atom stereocenters. The number of aromatic nitrogens is 3. The molecule has 2 rings (SSSR count). The Morgan fingerprint density at radius 1 is 1.17 bits per heavy atom. The second kappa shape index (κ2) is 5.02. The standard InChI is InChI=1S/C9H14N4O4S/c1-16-8-11-7(12-9(13-8)17-2)5-10-18(14,15)6-3-4-6/h6,10H,3-5H2,1-2H3. The molecule has 1 aromatic heterocycles. The van der Waals surface area contributed by atoms with Gasteiger partial charge in [-0.05, 0) is 12.8 Å². The Morgan fingerprint density at radius 3 is 2.17 bits per heavy atom. The third-order valence-electron chi connectivity index (χ3n) is 2.40. The van der Waals surface area contributed by atoms with Gasteiger partial charge in [-0.15, -0.1) is 4.98 Å². The molecule has 0 unspecified atom stereocenters. The highest BCUT2D eigenvalue weighted by Crippen LogP contribution is 2.27.